The second-order valence-corrected chi connectivity index (χ2v) is 5.20. The standard InChI is InChI=1S/C10H15N3O5/c14-5-4-11-7-9(12(15)16)2-1-3-10(6-9,8-11)13(17)18/h1-2,14H,3-8H2/p+1/t9-,10-/m0/s1. The SMILES string of the molecule is O=[N+]([O-])[C@]12C=CC[C@@]([N+](=O)[O-])(C[NH+](CCO)C1)C2. The normalized spacial score (nSPS) is 38.4. The molecule has 0 aromatic rings. The number of nitrogens with zero attached hydrogens (tertiary/aromatic N) is 2. The number of hydrogen-bond acceptors (Lipinski definition) is 5. The summed E-state index contributed by atoms with van der Waals surface area (Å²) in [5.41, 5.74) is -2.61. The minimum atomic E-state index is -1.35. The smallest absolute Gasteiger partial charge is 0.294 e. The van der Waals surface area contributed by atoms with Gasteiger partial charge in [-0.25, -0.2) is 0 Å². The predicted octanol–water partition coefficient (Wildman–Crippen LogP) is -1.74. The zero-order valence-corrected chi connectivity index (χ0v) is 9.87. The first-order valence-electron chi connectivity index (χ1n) is 5.85. The van der Waals surface area contributed by atoms with Crippen molar-refractivity contribution in [2.45, 2.75) is 23.9 Å². The monoisotopic (exact) mass is 258 g/mol. The molecule has 1 unspecified atom stereocenters. The zero-order chi connectivity index (χ0) is 13.4. The van der Waals surface area contributed by atoms with Gasteiger partial charge in [-0.15, -0.1) is 0 Å². The molecule has 18 heavy (non-hydrogen) atoms. The van der Waals surface area contributed by atoms with E-state index in [1.807, 2.05) is 0 Å². The number of nitro groups is 2. The second kappa shape index (κ2) is 4.29. The van der Waals surface area contributed by atoms with Gasteiger partial charge in [-0.2, -0.15) is 0 Å². The average molecular weight is 258 g/mol. The molecule has 0 aromatic heterocycles. The van der Waals surface area contributed by atoms with Gasteiger partial charge in [0, 0.05) is 16.3 Å². The molecule has 2 rings (SSSR count). The van der Waals surface area contributed by atoms with E-state index in [4.69, 9.17) is 5.11 Å². The van der Waals surface area contributed by atoms with Crippen molar-refractivity contribution in [3.05, 3.63) is 32.4 Å². The number of piperidine rings is 1. The van der Waals surface area contributed by atoms with E-state index in [1.54, 1.807) is 6.08 Å². The van der Waals surface area contributed by atoms with Crippen LogP contribution in [0.1, 0.15) is 12.8 Å². The highest BCUT2D eigenvalue weighted by atomic mass is 16.6. The van der Waals surface area contributed by atoms with Gasteiger partial charge >= 0.3 is 0 Å². The molecule has 1 aliphatic heterocycles. The zero-order valence-electron chi connectivity index (χ0n) is 9.87. The highest BCUT2D eigenvalue weighted by molar-refractivity contribution is 5.14. The number of nitrogens with one attached hydrogen (secondary N) is 1. The Morgan fingerprint density at radius 1 is 1.28 bits per heavy atom. The predicted molar refractivity (Wildman–Crippen MR) is 60.5 cm³/mol. The number of aliphatic hydroxyl groups is 1. The highest BCUT2D eigenvalue weighted by Gasteiger charge is 2.64. The van der Waals surface area contributed by atoms with Gasteiger partial charge in [-0.3, -0.25) is 20.2 Å². The molecule has 1 heterocycles. The lowest BCUT2D eigenvalue weighted by Crippen LogP contribution is -3.18. The molecule has 2 aliphatic rings. The van der Waals surface area contributed by atoms with Crippen LogP contribution in [0.4, 0.5) is 0 Å². The molecule has 2 N–H and O–H groups in total. The molecule has 1 saturated heterocycles. The summed E-state index contributed by atoms with van der Waals surface area (Å²) in [7, 11) is 0. The van der Waals surface area contributed by atoms with Crippen molar-refractivity contribution in [2.24, 2.45) is 0 Å². The maximum absolute atomic E-state index is 11.3. The van der Waals surface area contributed by atoms with Crippen LogP contribution in [0.25, 0.3) is 0 Å². The largest absolute Gasteiger partial charge is 0.391 e. The maximum Gasteiger partial charge on any atom is 0.294 e. The van der Waals surface area contributed by atoms with E-state index < -0.39 is 16.0 Å². The van der Waals surface area contributed by atoms with Crippen LogP contribution in [0.5, 0.6) is 0 Å². The van der Waals surface area contributed by atoms with Gasteiger partial charge in [-0.1, -0.05) is 6.08 Å². The molecule has 100 valence electrons. The molecular formula is C10H16N3O5+. The van der Waals surface area contributed by atoms with Crippen molar-refractivity contribution in [3.63, 3.8) is 0 Å². The number of rotatable bonds is 4. The fourth-order valence-electron chi connectivity index (χ4n) is 3.14. The molecule has 1 aliphatic carbocycles. The Labute approximate surface area is 103 Å². The van der Waals surface area contributed by atoms with Gasteiger partial charge in [0.1, 0.15) is 19.5 Å². The topological polar surface area (TPSA) is 111 Å². The summed E-state index contributed by atoms with van der Waals surface area (Å²) >= 11 is 0. The van der Waals surface area contributed by atoms with Gasteiger partial charge in [0.25, 0.3) is 11.1 Å². The molecule has 3 atom stereocenters. The van der Waals surface area contributed by atoms with Crippen molar-refractivity contribution in [3.8, 4) is 0 Å². The summed E-state index contributed by atoms with van der Waals surface area (Å²) in [4.78, 5) is 22.5. The lowest BCUT2D eigenvalue weighted by atomic mass is 9.72. The third kappa shape index (κ3) is 1.87. The van der Waals surface area contributed by atoms with Gasteiger partial charge in [0.15, 0.2) is 6.54 Å². The number of quaternary nitrogens is 1. The molecule has 0 saturated carbocycles. The number of hydrogen-bond donors (Lipinski definition) is 2. The minimum absolute atomic E-state index is 0.0502. The van der Waals surface area contributed by atoms with E-state index in [0.29, 0.717) is 6.54 Å². The Balaban J connectivity index is 2.38. The van der Waals surface area contributed by atoms with Gasteiger partial charge in [0.05, 0.1) is 6.61 Å². The van der Waals surface area contributed by atoms with Crippen molar-refractivity contribution in [2.75, 3.05) is 26.2 Å². The maximum atomic E-state index is 11.3. The van der Waals surface area contributed by atoms with E-state index >= 15 is 0 Å². The first kappa shape index (κ1) is 12.9. The fraction of sp³-hybridized carbons (Fsp3) is 0.800. The van der Waals surface area contributed by atoms with Gasteiger partial charge < -0.3 is 10.0 Å². The van der Waals surface area contributed by atoms with Gasteiger partial charge in [0.2, 0.25) is 0 Å². The van der Waals surface area contributed by atoms with Crippen molar-refractivity contribution in [1.29, 1.82) is 0 Å². The molecule has 8 heteroatoms. The summed E-state index contributed by atoms with van der Waals surface area (Å²) in [6.45, 7) is 0.618. The van der Waals surface area contributed by atoms with Crippen LogP contribution in [0.2, 0.25) is 0 Å². The van der Waals surface area contributed by atoms with E-state index in [-0.39, 0.29) is 37.5 Å². The Bertz CT molecular complexity index is 412. The van der Waals surface area contributed by atoms with Crippen LogP contribution in [-0.2, 0) is 0 Å². The number of likely N-dealkylation sites (tertiary alicyclic amines) is 1. The number of fused-ring (bicyclic) bond motifs is 2. The first-order valence-corrected chi connectivity index (χ1v) is 5.85. The molecule has 1 fully saturated rings. The summed E-state index contributed by atoms with van der Waals surface area (Å²) in [5, 5.41) is 31.5. The third-order valence-corrected chi connectivity index (χ3v) is 3.91. The minimum Gasteiger partial charge on any atom is -0.391 e. The lowest BCUT2D eigenvalue weighted by Gasteiger charge is -2.41. The van der Waals surface area contributed by atoms with Crippen LogP contribution in [0.15, 0.2) is 12.2 Å². The van der Waals surface area contributed by atoms with Crippen molar-refractivity contribution < 1.29 is 19.9 Å². The van der Waals surface area contributed by atoms with Crippen LogP contribution in [0.3, 0.4) is 0 Å². The Hall–Kier alpha value is -1.54. The molecule has 0 amide bonds. The fourth-order valence-corrected chi connectivity index (χ4v) is 3.14. The Kier molecular flexibility index (Phi) is 3.07. The molecular weight excluding hydrogens is 242 g/mol. The van der Waals surface area contributed by atoms with Crippen LogP contribution < -0.4 is 4.90 Å². The van der Waals surface area contributed by atoms with Crippen molar-refractivity contribution >= 4 is 0 Å². The molecule has 2 bridgehead atoms. The summed E-state index contributed by atoms with van der Waals surface area (Å²) in [6.07, 6.45) is 3.23. The van der Waals surface area contributed by atoms with Crippen molar-refractivity contribution in [1.82, 2.24) is 0 Å². The Morgan fingerprint density at radius 3 is 2.56 bits per heavy atom. The summed E-state index contributed by atoms with van der Waals surface area (Å²) in [5.74, 6) is 0. The highest BCUT2D eigenvalue weighted by Crippen LogP contribution is 2.35. The van der Waals surface area contributed by atoms with E-state index in [0.717, 1.165) is 4.90 Å². The summed E-state index contributed by atoms with van der Waals surface area (Å²) in [6, 6.07) is 0. The lowest BCUT2D eigenvalue weighted by molar-refractivity contribution is -0.943. The van der Waals surface area contributed by atoms with E-state index in [9.17, 15) is 20.2 Å². The first-order chi connectivity index (χ1) is 8.44. The van der Waals surface area contributed by atoms with E-state index in [2.05, 4.69) is 0 Å². The van der Waals surface area contributed by atoms with Crippen LogP contribution in [0, 0.1) is 20.2 Å². The molecule has 0 aromatic carbocycles. The quantitative estimate of drug-likeness (QED) is 0.353. The average Bonchev–Trinajstić information content (AvgIpc) is 2.28. The molecule has 0 spiro atoms. The van der Waals surface area contributed by atoms with Crippen LogP contribution in [-0.4, -0.2) is 52.3 Å². The second-order valence-electron chi connectivity index (χ2n) is 5.20. The Morgan fingerprint density at radius 2 is 2.00 bits per heavy atom. The molecule has 8 nitrogen and oxygen atoms in total. The van der Waals surface area contributed by atoms with Crippen LogP contribution >= 0.6 is 0 Å². The summed E-state index contributed by atoms with van der Waals surface area (Å²) < 4.78 is 0. The van der Waals surface area contributed by atoms with Gasteiger partial charge in [-0.05, 0) is 6.08 Å². The number of aliphatic hydroxyl groups excluding tert-OH is 1. The molecule has 0 radical (unpaired) electrons. The third-order valence-electron chi connectivity index (χ3n) is 3.91. The van der Waals surface area contributed by atoms with E-state index in [1.165, 1.54) is 6.08 Å².